The van der Waals surface area contributed by atoms with Crippen LogP contribution in [0.1, 0.15) is 0 Å². The highest BCUT2D eigenvalue weighted by Crippen LogP contribution is 2.20. The zero-order valence-corrected chi connectivity index (χ0v) is 11.9. The summed E-state index contributed by atoms with van der Waals surface area (Å²) >= 11 is 3.33. The predicted molar refractivity (Wildman–Crippen MR) is 75.8 cm³/mol. The van der Waals surface area contributed by atoms with Gasteiger partial charge in [0.2, 0.25) is 5.95 Å². The summed E-state index contributed by atoms with van der Waals surface area (Å²) < 4.78 is 6.35. The van der Waals surface area contributed by atoms with Gasteiger partial charge in [0.25, 0.3) is 5.56 Å². The molecule has 21 heavy (non-hydrogen) atoms. The number of carboxylic acid groups (broad SMARTS) is 1. The number of nitrogens with one attached hydrogen (secondary N) is 1. The smallest absolute Gasteiger partial charge is 0.449 e. The van der Waals surface area contributed by atoms with Gasteiger partial charge in [0, 0.05) is 4.47 Å². The molecule has 2 heterocycles. The molecule has 106 valence electrons. The zero-order chi connectivity index (χ0) is 15.0. The van der Waals surface area contributed by atoms with Gasteiger partial charge in [-0.25, -0.2) is 14.5 Å². The SMILES string of the molecule is O=C(O)Oc1cnn(-c2nc3c(Br)cccc3c(=O)[nH]2)c1. The lowest BCUT2D eigenvalue weighted by Gasteiger charge is -2.03. The monoisotopic (exact) mass is 350 g/mol. The van der Waals surface area contributed by atoms with Crippen LogP contribution >= 0.6 is 15.9 Å². The van der Waals surface area contributed by atoms with Crippen molar-refractivity contribution < 1.29 is 14.6 Å². The second kappa shape index (κ2) is 5.02. The highest BCUT2D eigenvalue weighted by atomic mass is 79.9. The molecule has 9 heteroatoms. The molecule has 0 atom stereocenters. The minimum Gasteiger partial charge on any atom is -0.449 e. The van der Waals surface area contributed by atoms with Gasteiger partial charge in [-0.2, -0.15) is 5.10 Å². The van der Waals surface area contributed by atoms with Crippen molar-refractivity contribution in [1.82, 2.24) is 19.7 Å². The fourth-order valence-electron chi connectivity index (χ4n) is 1.80. The Morgan fingerprint density at radius 3 is 3.00 bits per heavy atom. The molecule has 0 fully saturated rings. The number of aromatic nitrogens is 4. The van der Waals surface area contributed by atoms with Gasteiger partial charge in [-0.05, 0) is 28.1 Å². The molecule has 0 saturated carbocycles. The first-order chi connectivity index (χ1) is 10.0. The summed E-state index contributed by atoms with van der Waals surface area (Å²) in [6.07, 6.45) is 1.06. The van der Waals surface area contributed by atoms with Crippen molar-refractivity contribution >= 4 is 33.0 Å². The average Bonchev–Trinajstić information content (AvgIpc) is 2.87. The van der Waals surface area contributed by atoms with Crippen LogP contribution < -0.4 is 10.3 Å². The standard InChI is InChI=1S/C12H7BrN4O4/c13-8-3-1-2-7-9(8)15-11(16-10(7)18)17-5-6(4-14-17)21-12(19)20/h1-5H,(H,19,20)(H,15,16,18). The number of carbonyl (C=O) groups is 1. The Labute approximate surface area is 125 Å². The number of rotatable bonds is 2. The number of aromatic amines is 1. The molecule has 8 nitrogen and oxygen atoms in total. The number of ether oxygens (including phenoxy) is 1. The second-order valence-electron chi connectivity index (χ2n) is 4.01. The van der Waals surface area contributed by atoms with Crippen LogP contribution in [0.5, 0.6) is 5.75 Å². The van der Waals surface area contributed by atoms with E-state index >= 15 is 0 Å². The Hall–Kier alpha value is -2.68. The number of benzene rings is 1. The fraction of sp³-hybridized carbons (Fsp3) is 0. The molecule has 0 radical (unpaired) electrons. The van der Waals surface area contributed by atoms with E-state index in [0.717, 1.165) is 0 Å². The van der Waals surface area contributed by atoms with Crippen LogP contribution in [0.3, 0.4) is 0 Å². The minimum atomic E-state index is -1.45. The Balaban J connectivity index is 2.12. The average molecular weight is 351 g/mol. The molecule has 2 N–H and O–H groups in total. The summed E-state index contributed by atoms with van der Waals surface area (Å²) in [7, 11) is 0. The van der Waals surface area contributed by atoms with E-state index < -0.39 is 6.16 Å². The summed E-state index contributed by atoms with van der Waals surface area (Å²) in [6, 6.07) is 5.15. The predicted octanol–water partition coefficient (Wildman–Crippen LogP) is 1.93. The topological polar surface area (TPSA) is 110 Å². The third kappa shape index (κ3) is 2.50. The van der Waals surface area contributed by atoms with E-state index in [1.807, 2.05) is 0 Å². The number of para-hydroxylation sites is 1. The molecule has 0 aliphatic heterocycles. The van der Waals surface area contributed by atoms with Gasteiger partial charge in [-0.1, -0.05) is 6.07 Å². The van der Waals surface area contributed by atoms with Crippen molar-refractivity contribution in [3.8, 4) is 11.7 Å². The fourth-order valence-corrected chi connectivity index (χ4v) is 2.25. The molecular weight excluding hydrogens is 344 g/mol. The third-order valence-electron chi connectivity index (χ3n) is 2.66. The van der Waals surface area contributed by atoms with Crippen LogP contribution in [0.2, 0.25) is 0 Å². The number of hydrogen-bond acceptors (Lipinski definition) is 5. The summed E-state index contributed by atoms with van der Waals surface area (Å²) in [5.74, 6) is 0.178. The summed E-state index contributed by atoms with van der Waals surface area (Å²) in [5.41, 5.74) is 0.153. The lowest BCUT2D eigenvalue weighted by molar-refractivity contribution is 0.144. The lowest BCUT2D eigenvalue weighted by atomic mass is 10.2. The first-order valence-corrected chi connectivity index (χ1v) is 6.48. The minimum absolute atomic E-state index is 0.0253. The van der Waals surface area contributed by atoms with E-state index in [-0.39, 0.29) is 17.3 Å². The van der Waals surface area contributed by atoms with Crippen molar-refractivity contribution in [2.75, 3.05) is 0 Å². The molecule has 0 bridgehead atoms. The molecule has 0 amide bonds. The Morgan fingerprint density at radius 1 is 1.43 bits per heavy atom. The van der Waals surface area contributed by atoms with E-state index in [9.17, 15) is 9.59 Å². The first-order valence-electron chi connectivity index (χ1n) is 5.69. The molecule has 0 aliphatic rings. The van der Waals surface area contributed by atoms with Gasteiger partial charge in [-0.3, -0.25) is 9.78 Å². The third-order valence-corrected chi connectivity index (χ3v) is 3.30. The van der Waals surface area contributed by atoms with Crippen LogP contribution in [0.4, 0.5) is 4.79 Å². The summed E-state index contributed by atoms with van der Waals surface area (Å²) in [6.45, 7) is 0. The molecule has 3 rings (SSSR count). The van der Waals surface area contributed by atoms with E-state index in [2.05, 4.69) is 35.7 Å². The highest BCUT2D eigenvalue weighted by molar-refractivity contribution is 9.10. The summed E-state index contributed by atoms with van der Waals surface area (Å²) in [5, 5.41) is 12.9. The molecule has 0 saturated heterocycles. The van der Waals surface area contributed by atoms with Gasteiger partial charge in [-0.15, -0.1) is 0 Å². The van der Waals surface area contributed by atoms with E-state index in [1.165, 1.54) is 17.1 Å². The van der Waals surface area contributed by atoms with Crippen molar-refractivity contribution in [3.63, 3.8) is 0 Å². The van der Waals surface area contributed by atoms with Crippen LogP contribution in [0, 0.1) is 0 Å². The van der Waals surface area contributed by atoms with Crippen molar-refractivity contribution in [2.45, 2.75) is 0 Å². The van der Waals surface area contributed by atoms with E-state index in [4.69, 9.17) is 5.11 Å². The Kier molecular flexibility index (Phi) is 3.18. The molecule has 3 aromatic rings. The quantitative estimate of drug-likeness (QED) is 0.683. The van der Waals surface area contributed by atoms with E-state index in [0.29, 0.717) is 15.4 Å². The maximum atomic E-state index is 12.0. The van der Waals surface area contributed by atoms with Crippen LogP contribution in [-0.4, -0.2) is 31.0 Å². The van der Waals surface area contributed by atoms with Gasteiger partial charge in [0.15, 0.2) is 5.75 Å². The second-order valence-corrected chi connectivity index (χ2v) is 4.87. The van der Waals surface area contributed by atoms with Crippen LogP contribution in [0.25, 0.3) is 16.9 Å². The lowest BCUT2D eigenvalue weighted by Crippen LogP contribution is -2.14. The maximum Gasteiger partial charge on any atom is 0.511 e. The number of hydrogen-bond donors (Lipinski definition) is 2. The molecule has 0 aliphatic carbocycles. The zero-order valence-electron chi connectivity index (χ0n) is 10.3. The van der Waals surface area contributed by atoms with Crippen molar-refractivity contribution in [2.24, 2.45) is 0 Å². The first kappa shape index (κ1) is 13.3. The van der Waals surface area contributed by atoms with Gasteiger partial charge >= 0.3 is 6.16 Å². The van der Waals surface area contributed by atoms with Crippen molar-refractivity contribution in [1.29, 1.82) is 0 Å². The molecule has 0 spiro atoms. The largest absolute Gasteiger partial charge is 0.511 e. The number of fused-ring (bicyclic) bond motifs is 1. The maximum absolute atomic E-state index is 12.0. The Morgan fingerprint density at radius 2 is 2.24 bits per heavy atom. The highest BCUT2D eigenvalue weighted by Gasteiger charge is 2.10. The number of H-pyrrole nitrogens is 1. The molecule has 0 unspecified atom stereocenters. The van der Waals surface area contributed by atoms with Gasteiger partial charge < -0.3 is 9.84 Å². The van der Waals surface area contributed by atoms with Crippen LogP contribution in [0.15, 0.2) is 39.9 Å². The molecule has 1 aromatic carbocycles. The number of nitrogens with zero attached hydrogens (tertiary/aromatic N) is 3. The summed E-state index contributed by atoms with van der Waals surface area (Å²) in [4.78, 5) is 29.3. The number of halogens is 1. The van der Waals surface area contributed by atoms with E-state index in [1.54, 1.807) is 18.2 Å². The van der Waals surface area contributed by atoms with Gasteiger partial charge in [0.05, 0.1) is 23.3 Å². The molecule has 2 aromatic heterocycles. The normalized spacial score (nSPS) is 10.7. The van der Waals surface area contributed by atoms with Crippen LogP contribution in [-0.2, 0) is 0 Å². The molecular formula is C12H7BrN4O4. The van der Waals surface area contributed by atoms with Gasteiger partial charge in [0.1, 0.15) is 0 Å². The Bertz CT molecular complexity index is 902. The van der Waals surface area contributed by atoms with Crippen molar-refractivity contribution in [3.05, 3.63) is 45.4 Å².